The molecule has 202 valence electrons. The fourth-order valence-corrected chi connectivity index (χ4v) is 5.89. The van der Waals surface area contributed by atoms with E-state index >= 15 is 0 Å². The average Bonchev–Trinajstić information content (AvgIpc) is 3.44. The highest BCUT2D eigenvalue weighted by molar-refractivity contribution is 6.23. The van der Waals surface area contributed by atoms with Crippen molar-refractivity contribution in [1.29, 1.82) is 0 Å². The van der Waals surface area contributed by atoms with Gasteiger partial charge >= 0.3 is 0 Å². The second-order valence-electron chi connectivity index (χ2n) is 10.8. The number of hydrogen-bond acceptors (Lipinski definition) is 8. The van der Waals surface area contributed by atoms with E-state index in [9.17, 15) is 24.0 Å². The van der Waals surface area contributed by atoms with Crippen molar-refractivity contribution in [2.24, 2.45) is 5.92 Å². The lowest BCUT2D eigenvalue weighted by Gasteiger charge is -2.35. The van der Waals surface area contributed by atoms with Crippen LogP contribution < -0.4 is 16.2 Å². The Hall–Kier alpha value is -4.87. The number of aryl methyl sites for hydroxylation is 1. The first-order valence-corrected chi connectivity index (χ1v) is 13.2. The molecule has 40 heavy (non-hydrogen) atoms. The summed E-state index contributed by atoms with van der Waals surface area (Å²) in [7, 11) is 0. The highest BCUT2D eigenvalue weighted by Gasteiger charge is 2.44. The molecule has 1 unspecified atom stereocenters. The molecule has 7 rings (SSSR count). The van der Waals surface area contributed by atoms with Crippen molar-refractivity contribution in [3.05, 3.63) is 63.7 Å². The molecule has 4 aromatic rings. The number of H-pyrrole nitrogens is 1. The minimum Gasteiger partial charge on any atom is -0.385 e. The number of nitrogens with one attached hydrogen (secondary N) is 3. The zero-order valence-corrected chi connectivity index (χ0v) is 21.6. The maximum absolute atomic E-state index is 13.1. The summed E-state index contributed by atoms with van der Waals surface area (Å²) in [4.78, 5) is 70.7. The first kappa shape index (κ1) is 24.2. The zero-order valence-electron chi connectivity index (χ0n) is 21.6. The molecular weight excluding hydrogens is 514 g/mol. The van der Waals surface area contributed by atoms with Crippen LogP contribution in [0, 0.1) is 12.8 Å². The summed E-state index contributed by atoms with van der Waals surface area (Å²) >= 11 is 0. The van der Waals surface area contributed by atoms with E-state index in [-0.39, 0.29) is 35.6 Å². The van der Waals surface area contributed by atoms with Crippen molar-refractivity contribution in [3.63, 3.8) is 0 Å². The van der Waals surface area contributed by atoms with E-state index in [2.05, 4.69) is 25.7 Å². The van der Waals surface area contributed by atoms with Crippen molar-refractivity contribution in [3.8, 4) is 0 Å². The predicted molar refractivity (Wildman–Crippen MR) is 144 cm³/mol. The van der Waals surface area contributed by atoms with Crippen molar-refractivity contribution in [2.75, 3.05) is 11.9 Å². The number of benzene rings is 1. The quantitative estimate of drug-likeness (QED) is 0.325. The number of pyridine rings is 2. The molecule has 5 heterocycles. The van der Waals surface area contributed by atoms with Gasteiger partial charge in [-0.05, 0) is 62.4 Å². The molecule has 0 radical (unpaired) electrons. The summed E-state index contributed by atoms with van der Waals surface area (Å²) < 4.78 is 1.86. The van der Waals surface area contributed by atoms with Gasteiger partial charge in [0.1, 0.15) is 6.04 Å². The molecule has 2 aliphatic heterocycles. The highest BCUT2D eigenvalue weighted by atomic mass is 16.2. The van der Waals surface area contributed by atoms with Gasteiger partial charge in [-0.1, -0.05) is 0 Å². The Morgan fingerprint density at radius 1 is 1.00 bits per heavy atom. The van der Waals surface area contributed by atoms with Crippen LogP contribution in [0.4, 0.5) is 5.69 Å². The number of carbonyl (C=O) groups excluding carboxylic acids is 4. The standard InChI is InChI=1S/C28H25N7O5/c1-13-2-5-20-23(30-13)19-12-34(33-24(19)26(38)31-20)16-8-14(9-16)11-29-15-3-4-17-18(10-15)28(40)35(27(17)39)21-6-7-22(36)32-25(21)37/h2-5,10,12,14,16,21,29H,6-9,11H2,1H3,(H,31,38)(H,32,36,37). The number of amides is 4. The maximum Gasteiger partial charge on any atom is 0.276 e. The Morgan fingerprint density at radius 3 is 2.60 bits per heavy atom. The molecule has 1 aliphatic carbocycles. The van der Waals surface area contributed by atoms with E-state index in [1.54, 1.807) is 18.2 Å². The molecule has 1 aromatic carbocycles. The van der Waals surface area contributed by atoms with E-state index in [4.69, 9.17) is 0 Å². The SMILES string of the molecule is Cc1ccc2[nH]c(=O)c3nn(C4CC(CNc5ccc6c(c5)C(=O)N(C5CCC(=O)NC5=O)C6=O)C4)cc3c2n1. The monoisotopic (exact) mass is 539 g/mol. The number of aromatic amines is 1. The third kappa shape index (κ3) is 3.78. The summed E-state index contributed by atoms with van der Waals surface area (Å²) in [5.41, 5.74) is 3.65. The van der Waals surface area contributed by atoms with Gasteiger partial charge in [0.2, 0.25) is 11.8 Å². The third-order valence-electron chi connectivity index (χ3n) is 8.10. The summed E-state index contributed by atoms with van der Waals surface area (Å²) in [6, 6.07) is 7.89. The number of piperidine rings is 1. The molecule has 3 N–H and O–H groups in total. The Balaban J connectivity index is 1.02. The minimum atomic E-state index is -0.985. The van der Waals surface area contributed by atoms with E-state index < -0.39 is 29.7 Å². The molecule has 12 heteroatoms. The van der Waals surface area contributed by atoms with Gasteiger partial charge in [-0.3, -0.25) is 43.9 Å². The van der Waals surface area contributed by atoms with E-state index in [1.165, 1.54) is 0 Å². The summed E-state index contributed by atoms with van der Waals surface area (Å²) in [5, 5.41) is 10.9. The first-order chi connectivity index (χ1) is 19.3. The van der Waals surface area contributed by atoms with Gasteiger partial charge in [0.05, 0.1) is 33.6 Å². The van der Waals surface area contributed by atoms with Gasteiger partial charge in [0.25, 0.3) is 17.4 Å². The summed E-state index contributed by atoms with van der Waals surface area (Å²) in [5.74, 6) is -1.72. The van der Waals surface area contributed by atoms with Crippen LogP contribution in [-0.2, 0) is 9.59 Å². The number of carbonyl (C=O) groups is 4. The van der Waals surface area contributed by atoms with Gasteiger partial charge < -0.3 is 10.3 Å². The number of rotatable bonds is 5. The molecule has 2 fully saturated rings. The van der Waals surface area contributed by atoms with Gasteiger partial charge in [0, 0.05) is 30.5 Å². The van der Waals surface area contributed by atoms with Crippen molar-refractivity contribution in [1.82, 2.24) is 30.0 Å². The summed E-state index contributed by atoms with van der Waals surface area (Å²) in [6.45, 7) is 2.58. The molecular formula is C28H25N7O5. The number of aromatic nitrogens is 4. The van der Waals surface area contributed by atoms with E-state index in [1.807, 2.05) is 29.9 Å². The minimum absolute atomic E-state index is 0.0806. The van der Waals surface area contributed by atoms with Crippen LogP contribution in [0.25, 0.3) is 21.9 Å². The van der Waals surface area contributed by atoms with Gasteiger partial charge in [-0.25, -0.2) is 0 Å². The smallest absolute Gasteiger partial charge is 0.276 e. The number of fused-ring (bicyclic) bond motifs is 4. The number of anilines is 1. The second kappa shape index (κ2) is 8.83. The largest absolute Gasteiger partial charge is 0.385 e. The fourth-order valence-electron chi connectivity index (χ4n) is 5.89. The lowest BCUT2D eigenvalue weighted by Crippen LogP contribution is -2.54. The lowest BCUT2D eigenvalue weighted by molar-refractivity contribution is -0.136. The Kier molecular flexibility index (Phi) is 5.34. The van der Waals surface area contributed by atoms with Crippen LogP contribution in [0.5, 0.6) is 0 Å². The molecule has 1 saturated carbocycles. The molecule has 3 aromatic heterocycles. The predicted octanol–water partition coefficient (Wildman–Crippen LogP) is 2.05. The molecule has 0 spiro atoms. The maximum atomic E-state index is 13.1. The fraction of sp³-hybridized carbons (Fsp3) is 0.321. The Labute approximate surface area is 226 Å². The third-order valence-corrected chi connectivity index (χ3v) is 8.10. The van der Waals surface area contributed by atoms with Crippen LogP contribution in [0.2, 0.25) is 0 Å². The Bertz CT molecular complexity index is 1830. The second-order valence-corrected chi connectivity index (χ2v) is 10.8. The normalized spacial score (nSPS) is 22.5. The average molecular weight is 540 g/mol. The number of imide groups is 2. The number of hydrogen-bond donors (Lipinski definition) is 3. The Morgan fingerprint density at radius 2 is 1.80 bits per heavy atom. The van der Waals surface area contributed by atoms with Crippen molar-refractivity contribution < 1.29 is 19.2 Å². The first-order valence-electron chi connectivity index (χ1n) is 13.2. The highest BCUT2D eigenvalue weighted by Crippen LogP contribution is 2.38. The van der Waals surface area contributed by atoms with Crippen molar-refractivity contribution >= 4 is 51.3 Å². The van der Waals surface area contributed by atoms with Gasteiger partial charge in [-0.2, -0.15) is 5.10 Å². The van der Waals surface area contributed by atoms with Crippen molar-refractivity contribution in [2.45, 2.75) is 44.7 Å². The lowest BCUT2D eigenvalue weighted by atomic mass is 9.80. The molecule has 1 atom stereocenters. The van der Waals surface area contributed by atoms with Crippen LogP contribution in [-0.4, -0.2) is 60.9 Å². The van der Waals surface area contributed by atoms with Gasteiger partial charge in [0.15, 0.2) is 5.52 Å². The van der Waals surface area contributed by atoms with E-state index in [0.717, 1.165) is 34.3 Å². The molecule has 1 saturated heterocycles. The zero-order chi connectivity index (χ0) is 27.7. The summed E-state index contributed by atoms with van der Waals surface area (Å²) in [6.07, 6.45) is 3.85. The molecule has 12 nitrogen and oxygen atoms in total. The van der Waals surface area contributed by atoms with Crippen LogP contribution in [0.1, 0.15) is 58.1 Å². The van der Waals surface area contributed by atoms with Crippen LogP contribution in [0.15, 0.2) is 41.3 Å². The molecule has 3 aliphatic rings. The van der Waals surface area contributed by atoms with Crippen LogP contribution in [0.3, 0.4) is 0 Å². The van der Waals surface area contributed by atoms with E-state index in [0.29, 0.717) is 29.2 Å². The molecule has 4 amide bonds. The topological polar surface area (TPSA) is 159 Å². The van der Waals surface area contributed by atoms with Crippen LogP contribution >= 0.6 is 0 Å². The molecule has 0 bridgehead atoms. The number of nitrogens with zero attached hydrogens (tertiary/aromatic N) is 4. The van der Waals surface area contributed by atoms with Gasteiger partial charge in [-0.15, -0.1) is 0 Å².